The lowest BCUT2D eigenvalue weighted by atomic mass is 9.80. The molecule has 1 aromatic rings. The van der Waals surface area contributed by atoms with Crippen LogP contribution in [-0.4, -0.2) is 16.3 Å². The van der Waals surface area contributed by atoms with Crippen molar-refractivity contribution >= 4 is 22.9 Å². The summed E-state index contributed by atoms with van der Waals surface area (Å²) in [4.78, 5) is 0. The van der Waals surface area contributed by atoms with Gasteiger partial charge in [-0.1, -0.05) is 25.2 Å². The molecule has 0 amide bonds. The molecule has 1 aromatic heterocycles. The highest BCUT2D eigenvalue weighted by atomic mass is 35.5. The maximum atomic E-state index is 5.85. The van der Waals surface area contributed by atoms with Gasteiger partial charge in [0.15, 0.2) is 0 Å². The number of hydrogen-bond donors (Lipinski definition) is 0. The Balaban J connectivity index is 1.78. The number of rotatable bonds is 3. The first-order valence-corrected chi connectivity index (χ1v) is 6.94. The quantitative estimate of drug-likeness (QED) is 0.834. The summed E-state index contributed by atoms with van der Waals surface area (Å²) in [6, 6.07) is 0. The van der Waals surface area contributed by atoms with E-state index in [4.69, 9.17) is 16.3 Å². The third kappa shape index (κ3) is 3.15. The smallest absolute Gasteiger partial charge is 0.207 e. The van der Waals surface area contributed by atoms with Gasteiger partial charge < -0.3 is 4.74 Å². The molecule has 0 bridgehead atoms. The van der Waals surface area contributed by atoms with Crippen molar-refractivity contribution in [1.82, 2.24) is 10.2 Å². The van der Waals surface area contributed by atoms with Gasteiger partial charge in [0, 0.05) is 0 Å². The molecule has 1 aliphatic rings. The average Bonchev–Trinajstić information content (AvgIpc) is 2.66. The van der Waals surface area contributed by atoms with Crippen LogP contribution < -0.4 is 0 Å². The van der Waals surface area contributed by atoms with E-state index in [-0.39, 0.29) is 0 Å². The molecule has 0 aromatic carbocycles. The van der Waals surface area contributed by atoms with E-state index in [1.165, 1.54) is 17.8 Å². The van der Waals surface area contributed by atoms with Gasteiger partial charge in [0.25, 0.3) is 0 Å². The minimum Gasteiger partial charge on any atom is -0.371 e. The van der Waals surface area contributed by atoms with Crippen LogP contribution in [0.4, 0.5) is 0 Å². The van der Waals surface area contributed by atoms with E-state index in [1.54, 1.807) is 0 Å². The molecule has 0 N–H and O–H groups in total. The van der Waals surface area contributed by atoms with Crippen molar-refractivity contribution in [2.24, 2.45) is 11.8 Å². The molecule has 3 atom stereocenters. The largest absolute Gasteiger partial charge is 0.371 e. The summed E-state index contributed by atoms with van der Waals surface area (Å²) in [5, 5.41) is 8.58. The van der Waals surface area contributed by atoms with Crippen molar-refractivity contribution in [3.05, 3.63) is 9.47 Å². The molecule has 1 fully saturated rings. The molecule has 0 saturated heterocycles. The topological polar surface area (TPSA) is 35.0 Å². The summed E-state index contributed by atoms with van der Waals surface area (Å²) in [5.41, 5.74) is 0. The second kappa shape index (κ2) is 5.43. The zero-order chi connectivity index (χ0) is 11.5. The van der Waals surface area contributed by atoms with Crippen LogP contribution in [0.15, 0.2) is 0 Å². The molecular weight excluding hydrogens is 244 g/mol. The van der Waals surface area contributed by atoms with E-state index in [0.717, 1.165) is 29.7 Å². The molecule has 0 spiro atoms. The van der Waals surface area contributed by atoms with E-state index in [0.29, 0.717) is 17.2 Å². The zero-order valence-corrected chi connectivity index (χ0v) is 11.2. The minimum atomic E-state index is 0.383. The van der Waals surface area contributed by atoms with Gasteiger partial charge in [-0.25, -0.2) is 0 Å². The molecule has 0 aliphatic heterocycles. The van der Waals surface area contributed by atoms with Crippen LogP contribution in [0.3, 0.4) is 0 Å². The minimum absolute atomic E-state index is 0.383. The Hall–Kier alpha value is -0.190. The molecule has 0 radical (unpaired) electrons. The lowest BCUT2D eigenvalue weighted by Crippen LogP contribution is -2.26. The van der Waals surface area contributed by atoms with Crippen molar-refractivity contribution in [2.75, 3.05) is 0 Å². The molecule has 1 aliphatic carbocycles. The fourth-order valence-electron chi connectivity index (χ4n) is 2.13. The molecule has 3 unspecified atom stereocenters. The predicted molar refractivity (Wildman–Crippen MR) is 65.7 cm³/mol. The second-order valence-electron chi connectivity index (χ2n) is 4.65. The lowest BCUT2D eigenvalue weighted by Gasteiger charge is -2.31. The number of hydrogen-bond acceptors (Lipinski definition) is 4. The Morgan fingerprint density at radius 3 is 2.75 bits per heavy atom. The fourth-order valence-corrected chi connectivity index (χ4v) is 2.92. The fraction of sp³-hybridized carbons (Fsp3) is 0.818. The molecule has 5 heteroatoms. The Morgan fingerprint density at radius 1 is 1.31 bits per heavy atom. The normalized spacial score (nSPS) is 30.6. The number of ether oxygens (including phenoxy) is 1. The van der Waals surface area contributed by atoms with Crippen LogP contribution in [0, 0.1) is 11.8 Å². The SMILES string of the molecule is CC1CCC(OCc2nnc(Cl)s2)CC1C. The molecule has 16 heavy (non-hydrogen) atoms. The van der Waals surface area contributed by atoms with Gasteiger partial charge in [-0.3, -0.25) is 0 Å². The van der Waals surface area contributed by atoms with Crippen LogP contribution in [-0.2, 0) is 11.3 Å². The summed E-state index contributed by atoms with van der Waals surface area (Å²) in [5.74, 6) is 1.59. The number of halogens is 1. The van der Waals surface area contributed by atoms with E-state index in [1.807, 2.05) is 0 Å². The highest BCUT2D eigenvalue weighted by Gasteiger charge is 2.25. The van der Waals surface area contributed by atoms with E-state index in [9.17, 15) is 0 Å². The first kappa shape index (κ1) is 12.3. The summed E-state index contributed by atoms with van der Waals surface area (Å²) >= 11 is 7.11. The van der Waals surface area contributed by atoms with Gasteiger partial charge in [-0.05, 0) is 42.7 Å². The van der Waals surface area contributed by atoms with Crippen molar-refractivity contribution in [1.29, 1.82) is 0 Å². The van der Waals surface area contributed by atoms with Crippen molar-refractivity contribution in [3.8, 4) is 0 Å². The van der Waals surface area contributed by atoms with Crippen LogP contribution in [0.2, 0.25) is 4.47 Å². The summed E-state index contributed by atoms with van der Waals surface area (Å²) in [7, 11) is 0. The highest BCUT2D eigenvalue weighted by molar-refractivity contribution is 7.15. The van der Waals surface area contributed by atoms with Crippen LogP contribution >= 0.6 is 22.9 Å². The average molecular weight is 261 g/mol. The van der Waals surface area contributed by atoms with Gasteiger partial charge in [-0.15, -0.1) is 10.2 Å². The lowest BCUT2D eigenvalue weighted by molar-refractivity contribution is -0.00768. The van der Waals surface area contributed by atoms with E-state index in [2.05, 4.69) is 24.0 Å². The third-order valence-electron chi connectivity index (χ3n) is 3.43. The number of aromatic nitrogens is 2. The summed E-state index contributed by atoms with van der Waals surface area (Å²) in [6.07, 6.45) is 3.97. The predicted octanol–water partition coefficient (Wildman–Crippen LogP) is 3.53. The van der Waals surface area contributed by atoms with Crippen LogP contribution in [0.25, 0.3) is 0 Å². The molecule has 1 saturated carbocycles. The first-order chi connectivity index (χ1) is 7.65. The van der Waals surface area contributed by atoms with Crippen molar-refractivity contribution in [2.45, 2.75) is 45.8 Å². The van der Waals surface area contributed by atoms with Crippen molar-refractivity contribution in [3.63, 3.8) is 0 Å². The Bertz CT molecular complexity index is 344. The zero-order valence-electron chi connectivity index (χ0n) is 9.65. The Kier molecular flexibility index (Phi) is 4.16. The van der Waals surface area contributed by atoms with E-state index >= 15 is 0 Å². The van der Waals surface area contributed by atoms with E-state index < -0.39 is 0 Å². The van der Waals surface area contributed by atoms with Gasteiger partial charge in [0.05, 0.1) is 6.10 Å². The third-order valence-corrected chi connectivity index (χ3v) is 4.43. The monoisotopic (exact) mass is 260 g/mol. The van der Waals surface area contributed by atoms with Crippen molar-refractivity contribution < 1.29 is 4.74 Å². The molecule has 90 valence electrons. The molecule has 3 nitrogen and oxygen atoms in total. The first-order valence-electron chi connectivity index (χ1n) is 5.74. The second-order valence-corrected chi connectivity index (χ2v) is 6.29. The maximum absolute atomic E-state index is 5.85. The van der Waals surface area contributed by atoms with Gasteiger partial charge in [0.1, 0.15) is 11.6 Å². The van der Waals surface area contributed by atoms with Crippen LogP contribution in [0.5, 0.6) is 0 Å². The highest BCUT2D eigenvalue weighted by Crippen LogP contribution is 2.31. The standard InChI is InChI=1S/C11H17ClN2OS/c1-7-3-4-9(5-8(7)2)15-6-10-13-14-11(12)16-10/h7-9H,3-6H2,1-2H3. The maximum Gasteiger partial charge on any atom is 0.207 e. The van der Waals surface area contributed by atoms with Crippen LogP contribution in [0.1, 0.15) is 38.1 Å². The molecular formula is C11H17ClN2OS. The van der Waals surface area contributed by atoms with Gasteiger partial charge in [0.2, 0.25) is 4.47 Å². The Morgan fingerprint density at radius 2 is 2.12 bits per heavy atom. The molecule has 1 heterocycles. The summed E-state index contributed by atoms with van der Waals surface area (Å²) in [6.45, 7) is 5.18. The molecule has 2 rings (SSSR count). The summed E-state index contributed by atoms with van der Waals surface area (Å²) < 4.78 is 6.34. The number of nitrogens with zero attached hydrogens (tertiary/aromatic N) is 2. The van der Waals surface area contributed by atoms with Gasteiger partial charge >= 0.3 is 0 Å². The van der Waals surface area contributed by atoms with Gasteiger partial charge in [-0.2, -0.15) is 0 Å². The Labute approximate surface area is 105 Å².